The Balaban J connectivity index is 2.63. The number of amides is 2. The van der Waals surface area contributed by atoms with Crippen molar-refractivity contribution in [3.05, 3.63) is 0 Å². The van der Waals surface area contributed by atoms with Crippen molar-refractivity contribution in [2.75, 3.05) is 6.54 Å². The normalized spacial score (nSPS) is 21.1. The lowest BCUT2D eigenvalue weighted by Gasteiger charge is -2.28. The fourth-order valence-electron chi connectivity index (χ4n) is 2.02. The first-order valence-corrected chi connectivity index (χ1v) is 7.04. The molecule has 0 saturated carbocycles. The average Bonchev–Trinajstić information content (AvgIpc) is 2.75. The summed E-state index contributed by atoms with van der Waals surface area (Å²) in [5, 5.41) is 2.93. The highest BCUT2D eigenvalue weighted by Gasteiger charge is 2.36. The fraction of sp³-hybridized carbons (Fsp3) is 0.857. The van der Waals surface area contributed by atoms with Gasteiger partial charge in [-0.1, -0.05) is 6.92 Å². The first kappa shape index (κ1) is 15.8. The number of carbonyl (C=O) groups is 2. The van der Waals surface area contributed by atoms with Gasteiger partial charge in [-0.25, -0.2) is 4.79 Å². The first-order chi connectivity index (χ1) is 8.74. The van der Waals surface area contributed by atoms with Crippen LogP contribution >= 0.6 is 0 Å². The van der Waals surface area contributed by atoms with E-state index in [1.165, 1.54) is 0 Å². The predicted molar refractivity (Wildman–Crippen MR) is 73.9 cm³/mol. The number of likely N-dealkylation sites (tertiary alicyclic amines) is 1. The molecule has 0 unspecified atom stereocenters. The third kappa shape index (κ3) is 4.73. The van der Waals surface area contributed by atoms with Gasteiger partial charge in [-0.05, 0) is 47.0 Å². The summed E-state index contributed by atoms with van der Waals surface area (Å²) in [4.78, 5) is 25.7. The highest BCUT2D eigenvalue weighted by atomic mass is 16.6. The molecule has 0 aromatic carbocycles. The molecule has 2 amide bonds. The lowest BCUT2D eigenvalue weighted by Crippen LogP contribution is -2.49. The van der Waals surface area contributed by atoms with E-state index in [9.17, 15) is 9.59 Å². The molecule has 1 fully saturated rings. The molecule has 0 radical (unpaired) electrons. The van der Waals surface area contributed by atoms with Crippen LogP contribution in [0.1, 0.15) is 53.9 Å². The number of hydrogen-bond donors (Lipinski definition) is 1. The monoisotopic (exact) mass is 270 g/mol. The summed E-state index contributed by atoms with van der Waals surface area (Å²) in [5.74, 6) is -0.0716. The molecule has 0 aromatic heterocycles. The van der Waals surface area contributed by atoms with Gasteiger partial charge in [0.2, 0.25) is 5.91 Å². The minimum absolute atomic E-state index is 0.0716. The minimum atomic E-state index is -0.530. The zero-order chi connectivity index (χ0) is 14.6. The molecule has 1 saturated heterocycles. The summed E-state index contributed by atoms with van der Waals surface area (Å²) in [7, 11) is 0. The third-order valence-electron chi connectivity index (χ3n) is 3.18. The lowest BCUT2D eigenvalue weighted by atomic mass is 10.2. The lowest BCUT2D eigenvalue weighted by molar-refractivity contribution is -0.126. The summed E-state index contributed by atoms with van der Waals surface area (Å²) in [6.07, 6.45) is 2.04. The maximum Gasteiger partial charge on any atom is 0.410 e. The van der Waals surface area contributed by atoms with E-state index < -0.39 is 11.7 Å². The number of nitrogens with zero attached hydrogens (tertiary/aromatic N) is 1. The molecule has 5 heteroatoms. The maximum atomic E-state index is 12.1. The van der Waals surface area contributed by atoms with Crippen molar-refractivity contribution in [3.8, 4) is 0 Å². The summed E-state index contributed by atoms with van der Waals surface area (Å²) in [6.45, 7) is 10.1. The second-order valence-electron chi connectivity index (χ2n) is 6.15. The molecule has 0 spiro atoms. The van der Waals surface area contributed by atoms with E-state index in [2.05, 4.69) is 5.32 Å². The molecule has 0 bridgehead atoms. The van der Waals surface area contributed by atoms with E-state index in [1.54, 1.807) is 4.90 Å². The Kier molecular flexibility index (Phi) is 5.20. The Hall–Kier alpha value is -1.26. The molecule has 19 heavy (non-hydrogen) atoms. The van der Waals surface area contributed by atoms with Crippen molar-refractivity contribution in [3.63, 3.8) is 0 Å². The van der Waals surface area contributed by atoms with Gasteiger partial charge < -0.3 is 10.1 Å². The van der Waals surface area contributed by atoms with Gasteiger partial charge in [0.15, 0.2) is 0 Å². The van der Waals surface area contributed by atoms with Crippen molar-refractivity contribution in [2.45, 2.75) is 71.6 Å². The van der Waals surface area contributed by atoms with Gasteiger partial charge in [0.25, 0.3) is 0 Å². The molecule has 5 nitrogen and oxygen atoms in total. The van der Waals surface area contributed by atoms with Gasteiger partial charge in [0.05, 0.1) is 0 Å². The molecule has 110 valence electrons. The van der Waals surface area contributed by atoms with Gasteiger partial charge in [-0.15, -0.1) is 0 Å². The van der Waals surface area contributed by atoms with Crippen LogP contribution in [0.2, 0.25) is 0 Å². The molecule has 0 aliphatic carbocycles. The van der Waals surface area contributed by atoms with E-state index in [1.807, 2.05) is 34.6 Å². The number of carbonyl (C=O) groups excluding carboxylic acids is 2. The van der Waals surface area contributed by atoms with Crippen LogP contribution < -0.4 is 5.32 Å². The Bertz CT molecular complexity index is 336. The van der Waals surface area contributed by atoms with Crippen molar-refractivity contribution < 1.29 is 14.3 Å². The fourth-order valence-corrected chi connectivity index (χ4v) is 2.02. The van der Waals surface area contributed by atoms with E-state index in [0.29, 0.717) is 13.0 Å². The Morgan fingerprint density at radius 1 is 1.42 bits per heavy atom. The SMILES string of the molecule is CC[C@@H](C)NC(=O)[C@@H]1CCCN1C(=O)OC(C)(C)C. The molecule has 1 aliphatic rings. The van der Waals surface area contributed by atoms with E-state index in [-0.39, 0.29) is 18.0 Å². The van der Waals surface area contributed by atoms with Gasteiger partial charge in [0, 0.05) is 12.6 Å². The number of hydrogen-bond acceptors (Lipinski definition) is 3. The van der Waals surface area contributed by atoms with Crippen LogP contribution in [0.3, 0.4) is 0 Å². The quantitative estimate of drug-likeness (QED) is 0.856. The van der Waals surface area contributed by atoms with Crippen LogP contribution in [0.5, 0.6) is 0 Å². The van der Waals surface area contributed by atoms with Gasteiger partial charge in [-0.2, -0.15) is 0 Å². The summed E-state index contributed by atoms with van der Waals surface area (Å²) in [5.41, 5.74) is -0.530. The Labute approximate surface area is 115 Å². The minimum Gasteiger partial charge on any atom is -0.444 e. The standard InChI is InChI=1S/C14H26N2O3/c1-6-10(2)15-12(17)11-8-7-9-16(11)13(18)19-14(3,4)5/h10-11H,6-9H2,1-5H3,(H,15,17)/t10-,11+/m1/s1. The molecule has 0 aromatic rings. The van der Waals surface area contributed by atoms with Crippen molar-refractivity contribution in [2.24, 2.45) is 0 Å². The highest BCUT2D eigenvalue weighted by Crippen LogP contribution is 2.21. The van der Waals surface area contributed by atoms with Gasteiger partial charge in [-0.3, -0.25) is 9.69 Å². The molecule has 1 heterocycles. The van der Waals surface area contributed by atoms with Crippen LogP contribution in [0.15, 0.2) is 0 Å². The third-order valence-corrected chi connectivity index (χ3v) is 3.18. The molecular weight excluding hydrogens is 244 g/mol. The predicted octanol–water partition coefficient (Wildman–Crippen LogP) is 2.30. The first-order valence-electron chi connectivity index (χ1n) is 7.04. The van der Waals surface area contributed by atoms with Gasteiger partial charge >= 0.3 is 6.09 Å². The zero-order valence-electron chi connectivity index (χ0n) is 12.7. The number of rotatable bonds is 3. The van der Waals surface area contributed by atoms with Crippen molar-refractivity contribution in [1.29, 1.82) is 0 Å². The Morgan fingerprint density at radius 2 is 2.05 bits per heavy atom. The average molecular weight is 270 g/mol. The molecule has 1 aliphatic heterocycles. The number of ether oxygens (including phenoxy) is 1. The van der Waals surface area contributed by atoms with Crippen LogP contribution in [0.25, 0.3) is 0 Å². The smallest absolute Gasteiger partial charge is 0.410 e. The van der Waals surface area contributed by atoms with Crippen LogP contribution in [0.4, 0.5) is 4.79 Å². The molecular formula is C14H26N2O3. The van der Waals surface area contributed by atoms with Crippen LogP contribution in [-0.2, 0) is 9.53 Å². The Morgan fingerprint density at radius 3 is 2.58 bits per heavy atom. The van der Waals surface area contributed by atoms with Crippen molar-refractivity contribution >= 4 is 12.0 Å². The molecule has 2 atom stereocenters. The van der Waals surface area contributed by atoms with Gasteiger partial charge in [0.1, 0.15) is 11.6 Å². The van der Waals surface area contributed by atoms with Crippen molar-refractivity contribution in [1.82, 2.24) is 10.2 Å². The second kappa shape index (κ2) is 6.26. The van der Waals surface area contributed by atoms with E-state index in [4.69, 9.17) is 4.74 Å². The summed E-state index contributed by atoms with van der Waals surface area (Å²) in [6, 6.07) is -0.252. The highest BCUT2D eigenvalue weighted by molar-refractivity contribution is 5.86. The number of nitrogens with one attached hydrogen (secondary N) is 1. The summed E-state index contributed by atoms with van der Waals surface area (Å²) >= 11 is 0. The molecule has 1 N–H and O–H groups in total. The second-order valence-corrected chi connectivity index (χ2v) is 6.15. The van der Waals surface area contributed by atoms with E-state index in [0.717, 1.165) is 12.8 Å². The largest absolute Gasteiger partial charge is 0.444 e. The van der Waals surface area contributed by atoms with Crippen LogP contribution in [0, 0.1) is 0 Å². The summed E-state index contributed by atoms with van der Waals surface area (Å²) < 4.78 is 5.34. The van der Waals surface area contributed by atoms with Crippen LogP contribution in [-0.4, -0.2) is 41.1 Å². The molecule has 1 rings (SSSR count). The zero-order valence-corrected chi connectivity index (χ0v) is 12.7. The topological polar surface area (TPSA) is 58.6 Å². The maximum absolute atomic E-state index is 12.1. The van der Waals surface area contributed by atoms with E-state index >= 15 is 0 Å².